The van der Waals surface area contributed by atoms with Gasteiger partial charge in [-0.1, -0.05) is 0 Å². The van der Waals surface area contributed by atoms with E-state index in [2.05, 4.69) is 10.3 Å². The lowest BCUT2D eigenvalue weighted by molar-refractivity contribution is 0.0869. The quantitative estimate of drug-likeness (QED) is 0.779. The summed E-state index contributed by atoms with van der Waals surface area (Å²) in [4.78, 5) is 27.3. The van der Waals surface area contributed by atoms with Crippen LogP contribution in [0.1, 0.15) is 41.6 Å². The number of nitrogens with zero attached hydrogens (tertiary/aromatic N) is 1. The molecule has 0 unspecified atom stereocenters. The van der Waals surface area contributed by atoms with Gasteiger partial charge in [0.05, 0.1) is 22.6 Å². The van der Waals surface area contributed by atoms with E-state index in [1.807, 2.05) is 18.5 Å². The molecule has 0 spiro atoms. The number of aromatic nitrogens is 2. The number of carbonyl (C=O) groups is 1. The molecule has 1 aliphatic carbocycles. The van der Waals surface area contributed by atoms with E-state index >= 15 is 0 Å². The molecule has 6 heteroatoms. The summed E-state index contributed by atoms with van der Waals surface area (Å²) in [7, 11) is 1.84. The van der Waals surface area contributed by atoms with Crippen LogP contribution in [0.5, 0.6) is 0 Å². The minimum atomic E-state index is -0.254. The number of rotatable bonds is 2. The van der Waals surface area contributed by atoms with Crippen LogP contribution in [0.2, 0.25) is 0 Å². The van der Waals surface area contributed by atoms with Crippen LogP contribution in [0, 0.1) is 6.92 Å². The Hall–Kier alpha value is -2.08. The predicted octanol–water partition coefficient (Wildman–Crippen LogP) is 1.21. The van der Waals surface area contributed by atoms with Crippen molar-refractivity contribution >= 4 is 16.8 Å². The summed E-state index contributed by atoms with van der Waals surface area (Å²) in [5.74, 6) is -0.219. The molecule has 0 atom stereocenters. The Kier molecular flexibility index (Phi) is 3.78. The van der Waals surface area contributed by atoms with Crippen molar-refractivity contribution in [1.29, 1.82) is 0 Å². The van der Waals surface area contributed by atoms with Gasteiger partial charge in [0.1, 0.15) is 0 Å². The van der Waals surface area contributed by atoms with Crippen LogP contribution in [0.3, 0.4) is 0 Å². The van der Waals surface area contributed by atoms with E-state index in [0.717, 1.165) is 23.9 Å². The molecule has 1 saturated carbocycles. The van der Waals surface area contributed by atoms with Gasteiger partial charge < -0.3 is 20.0 Å². The third-order valence-electron chi connectivity index (χ3n) is 4.48. The molecule has 3 rings (SSSR count). The number of aryl methyl sites for hydroxylation is 2. The van der Waals surface area contributed by atoms with E-state index < -0.39 is 0 Å². The molecule has 0 aromatic carbocycles. The topological polar surface area (TPSA) is 87.1 Å². The molecule has 2 heterocycles. The molecule has 1 aliphatic rings. The van der Waals surface area contributed by atoms with Gasteiger partial charge in [-0.25, -0.2) is 0 Å². The first-order chi connectivity index (χ1) is 10.5. The van der Waals surface area contributed by atoms with Crippen molar-refractivity contribution in [1.82, 2.24) is 14.9 Å². The highest BCUT2D eigenvalue weighted by Gasteiger charge is 2.24. The zero-order valence-electron chi connectivity index (χ0n) is 12.8. The van der Waals surface area contributed by atoms with Gasteiger partial charge in [-0.3, -0.25) is 9.59 Å². The van der Waals surface area contributed by atoms with Crippen molar-refractivity contribution in [3.8, 4) is 0 Å². The number of H-pyrrole nitrogens is 1. The fourth-order valence-electron chi connectivity index (χ4n) is 3.30. The summed E-state index contributed by atoms with van der Waals surface area (Å²) in [5, 5.41) is 13.0. The lowest BCUT2D eigenvalue weighted by Gasteiger charge is -2.26. The number of aromatic amines is 1. The molecule has 0 saturated heterocycles. The molecular weight excluding hydrogens is 282 g/mol. The summed E-state index contributed by atoms with van der Waals surface area (Å²) < 4.78 is 1.82. The van der Waals surface area contributed by atoms with Gasteiger partial charge in [-0.05, 0) is 38.2 Å². The second-order valence-corrected chi connectivity index (χ2v) is 6.16. The maximum absolute atomic E-state index is 12.5. The van der Waals surface area contributed by atoms with Crippen molar-refractivity contribution in [2.24, 2.45) is 7.05 Å². The Morgan fingerprint density at radius 2 is 2.05 bits per heavy atom. The highest BCUT2D eigenvalue weighted by atomic mass is 16.3. The molecular formula is C16H21N3O3. The van der Waals surface area contributed by atoms with Gasteiger partial charge in [0.25, 0.3) is 11.5 Å². The van der Waals surface area contributed by atoms with Gasteiger partial charge in [-0.2, -0.15) is 0 Å². The van der Waals surface area contributed by atoms with E-state index in [4.69, 9.17) is 0 Å². The minimum Gasteiger partial charge on any atom is -0.393 e. The Morgan fingerprint density at radius 3 is 2.73 bits per heavy atom. The van der Waals surface area contributed by atoms with Crippen LogP contribution in [-0.2, 0) is 7.05 Å². The SMILES string of the molecule is Cc1c[nH]c(=O)c2c(C(=O)NC3CCC(O)CC3)cn(C)c12. The highest BCUT2D eigenvalue weighted by molar-refractivity contribution is 6.07. The third kappa shape index (κ3) is 2.54. The van der Waals surface area contributed by atoms with Crippen LogP contribution in [-0.4, -0.2) is 32.7 Å². The van der Waals surface area contributed by atoms with Crippen LogP contribution in [0.15, 0.2) is 17.2 Å². The fraction of sp³-hybridized carbons (Fsp3) is 0.500. The summed E-state index contributed by atoms with van der Waals surface area (Å²) in [6, 6.07) is 0.0649. The Bertz CT molecular complexity index is 767. The van der Waals surface area contributed by atoms with E-state index in [1.54, 1.807) is 12.4 Å². The van der Waals surface area contributed by atoms with Gasteiger partial charge in [0.2, 0.25) is 0 Å². The van der Waals surface area contributed by atoms with E-state index in [9.17, 15) is 14.7 Å². The molecule has 22 heavy (non-hydrogen) atoms. The summed E-state index contributed by atoms with van der Waals surface area (Å²) >= 11 is 0. The number of pyridine rings is 1. The number of fused-ring (bicyclic) bond motifs is 1. The van der Waals surface area contributed by atoms with E-state index in [0.29, 0.717) is 23.8 Å². The average molecular weight is 303 g/mol. The van der Waals surface area contributed by atoms with Crippen molar-refractivity contribution in [2.45, 2.75) is 44.8 Å². The van der Waals surface area contributed by atoms with E-state index in [1.165, 1.54) is 0 Å². The second-order valence-electron chi connectivity index (χ2n) is 6.16. The van der Waals surface area contributed by atoms with Crippen LogP contribution >= 0.6 is 0 Å². The number of aliphatic hydroxyl groups excluding tert-OH is 1. The molecule has 3 N–H and O–H groups in total. The molecule has 6 nitrogen and oxygen atoms in total. The maximum atomic E-state index is 12.5. The molecule has 2 aromatic rings. The number of hydrogen-bond acceptors (Lipinski definition) is 3. The average Bonchev–Trinajstić information content (AvgIpc) is 2.84. The number of amides is 1. The monoisotopic (exact) mass is 303 g/mol. The maximum Gasteiger partial charge on any atom is 0.258 e. The molecule has 118 valence electrons. The molecule has 1 fully saturated rings. The van der Waals surface area contributed by atoms with Gasteiger partial charge in [-0.15, -0.1) is 0 Å². The lowest BCUT2D eigenvalue weighted by atomic mass is 9.93. The van der Waals surface area contributed by atoms with Crippen molar-refractivity contribution < 1.29 is 9.90 Å². The van der Waals surface area contributed by atoms with Crippen LogP contribution in [0.25, 0.3) is 10.9 Å². The Morgan fingerprint density at radius 1 is 1.36 bits per heavy atom. The molecule has 0 radical (unpaired) electrons. The Balaban J connectivity index is 1.92. The summed E-state index contributed by atoms with van der Waals surface area (Å²) in [6.07, 6.45) is 6.08. The summed E-state index contributed by atoms with van der Waals surface area (Å²) in [6.45, 7) is 1.91. The molecule has 2 aromatic heterocycles. The molecule has 0 bridgehead atoms. The number of hydrogen-bond donors (Lipinski definition) is 3. The zero-order valence-corrected chi connectivity index (χ0v) is 12.8. The standard InChI is InChI=1S/C16H21N3O3/c1-9-7-17-16(22)13-12(8-19(2)14(9)13)15(21)18-10-3-5-11(20)6-4-10/h7-8,10-11,20H,3-6H2,1-2H3,(H,17,22)(H,18,21). The van der Waals surface area contributed by atoms with Crippen molar-refractivity contribution in [3.63, 3.8) is 0 Å². The summed E-state index contributed by atoms with van der Waals surface area (Å²) in [5.41, 5.74) is 1.88. The molecule has 0 aliphatic heterocycles. The number of nitrogens with one attached hydrogen (secondary N) is 2. The normalized spacial score (nSPS) is 22.0. The number of carbonyl (C=O) groups excluding carboxylic acids is 1. The first-order valence-electron chi connectivity index (χ1n) is 7.63. The van der Waals surface area contributed by atoms with Gasteiger partial charge in [0.15, 0.2) is 0 Å². The second kappa shape index (κ2) is 5.61. The fourth-order valence-corrected chi connectivity index (χ4v) is 3.30. The van der Waals surface area contributed by atoms with Gasteiger partial charge in [0, 0.05) is 25.5 Å². The first kappa shape index (κ1) is 14.8. The van der Waals surface area contributed by atoms with Crippen LogP contribution in [0.4, 0.5) is 0 Å². The zero-order chi connectivity index (χ0) is 15.9. The lowest BCUT2D eigenvalue weighted by Crippen LogP contribution is -2.38. The Labute approximate surface area is 128 Å². The van der Waals surface area contributed by atoms with Gasteiger partial charge >= 0.3 is 0 Å². The van der Waals surface area contributed by atoms with Crippen molar-refractivity contribution in [2.75, 3.05) is 0 Å². The van der Waals surface area contributed by atoms with E-state index in [-0.39, 0.29) is 23.6 Å². The predicted molar refractivity (Wildman–Crippen MR) is 84.0 cm³/mol. The third-order valence-corrected chi connectivity index (χ3v) is 4.48. The largest absolute Gasteiger partial charge is 0.393 e. The minimum absolute atomic E-state index is 0.0649. The molecule has 1 amide bonds. The number of aliphatic hydroxyl groups is 1. The smallest absolute Gasteiger partial charge is 0.258 e. The van der Waals surface area contributed by atoms with Crippen molar-refractivity contribution in [3.05, 3.63) is 33.9 Å². The van der Waals surface area contributed by atoms with Crippen LogP contribution < -0.4 is 10.9 Å². The first-order valence-corrected chi connectivity index (χ1v) is 7.63. The highest BCUT2D eigenvalue weighted by Crippen LogP contribution is 2.22.